The Balaban J connectivity index is 2.17. The van der Waals surface area contributed by atoms with Crippen molar-refractivity contribution >= 4 is 44.0 Å². The molecule has 0 aliphatic carbocycles. The Morgan fingerprint density at radius 1 is 1.12 bits per heavy atom. The van der Waals surface area contributed by atoms with Gasteiger partial charge in [-0.2, -0.15) is 5.10 Å². The zero-order valence-electron chi connectivity index (χ0n) is 13.8. The molecule has 0 spiro atoms. The molecule has 25 heavy (non-hydrogen) atoms. The minimum atomic E-state index is -0.407. The van der Waals surface area contributed by atoms with E-state index in [1.165, 1.54) is 18.3 Å². The lowest BCUT2D eigenvalue weighted by molar-refractivity contribution is 0.0955. The van der Waals surface area contributed by atoms with E-state index in [2.05, 4.69) is 42.4 Å². The fourth-order valence-electron chi connectivity index (χ4n) is 2.06. The minimum absolute atomic E-state index is 0.0287. The fraction of sp³-hybridized carbons (Fsp3) is 0.176. The number of aromatic hydroxyl groups is 1. The highest BCUT2D eigenvalue weighted by molar-refractivity contribution is 9.11. The van der Waals surface area contributed by atoms with E-state index >= 15 is 0 Å². The first kappa shape index (κ1) is 19.3. The summed E-state index contributed by atoms with van der Waals surface area (Å²) in [6.07, 6.45) is 1.53. The van der Waals surface area contributed by atoms with Gasteiger partial charge in [-0.15, -0.1) is 0 Å². The summed E-state index contributed by atoms with van der Waals surface area (Å²) in [5, 5.41) is 13.7. The van der Waals surface area contributed by atoms with Gasteiger partial charge in [-0.25, -0.2) is 5.43 Å². The second-order valence-electron chi connectivity index (χ2n) is 5.05. The Labute approximate surface area is 162 Å². The number of aryl methyl sites for hydroxylation is 1. The van der Waals surface area contributed by atoms with Crippen LogP contribution >= 0.6 is 31.9 Å². The number of ether oxygens (including phenoxy) is 2. The minimum Gasteiger partial charge on any atom is -0.506 e. The first-order chi connectivity index (χ1) is 11.9. The molecule has 2 rings (SSSR count). The third kappa shape index (κ3) is 4.52. The van der Waals surface area contributed by atoms with E-state index in [-0.39, 0.29) is 5.75 Å². The number of amides is 1. The van der Waals surface area contributed by atoms with Gasteiger partial charge in [0.15, 0.2) is 11.5 Å². The molecule has 0 saturated carbocycles. The van der Waals surface area contributed by atoms with Crippen molar-refractivity contribution in [2.24, 2.45) is 5.10 Å². The van der Waals surface area contributed by atoms with E-state index in [0.29, 0.717) is 26.0 Å². The number of phenolic OH excluding ortho intramolecular Hbond substituents is 1. The number of carbonyl (C=O) groups excluding carboxylic acids is 1. The van der Waals surface area contributed by atoms with E-state index in [9.17, 15) is 9.90 Å². The summed E-state index contributed by atoms with van der Waals surface area (Å²) in [4.78, 5) is 12.2. The predicted octanol–water partition coefficient (Wildman–Crippen LogP) is 4.01. The average Bonchev–Trinajstić information content (AvgIpc) is 2.59. The van der Waals surface area contributed by atoms with Crippen LogP contribution in [0.3, 0.4) is 0 Å². The number of carbonyl (C=O) groups is 1. The molecule has 1 amide bonds. The maximum absolute atomic E-state index is 12.2. The quantitative estimate of drug-likeness (QED) is 0.510. The molecule has 2 aromatic rings. The van der Waals surface area contributed by atoms with Gasteiger partial charge in [0.2, 0.25) is 0 Å². The third-order valence-electron chi connectivity index (χ3n) is 3.42. The number of nitrogens with one attached hydrogen (secondary N) is 1. The molecule has 0 unspecified atom stereocenters. The zero-order valence-corrected chi connectivity index (χ0v) is 16.9. The number of nitrogens with zero attached hydrogens (tertiary/aromatic N) is 1. The molecule has 6 nitrogen and oxygen atoms in total. The molecule has 0 radical (unpaired) electrons. The van der Waals surface area contributed by atoms with Gasteiger partial charge < -0.3 is 14.6 Å². The SMILES string of the molecule is COc1cc(C)c(C=NNC(=O)c2cc(Br)c(O)c(Br)c2)cc1OC. The standard InChI is InChI=1S/C17H16Br2N2O4/c1-9-4-14(24-2)15(25-3)7-11(9)8-20-21-17(23)10-5-12(18)16(22)13(19)6-10/h4-8,22H,1-3H3,(H,21,23). The van der Waals surface area contributed by atoms with Crippen molar-refractivity contribution in [1.29, 1.82) is 0 Å². The van der Waals surface area contributed by atoms with Crippen LogP contribution in [0.15, 0.2) is 38.3 Å². The predicted molar refractivity (Wildman–Crippen MR) is 103 cm³/mol. The molecular formula is C17H16Br2N2O4. The average molecular weight is 472 g/mol. The topological polar surface area (TPSA) is 80.2 Å². The van der Waals surface area contributed by atoms with Crippen molar-refractivity contribution in [3.05, 3.63) is 49.9 Å². The van der Waals surface area contributed by atoms with E-state index in [0.717, 1.165) is 11.1 Å². The summed E-state index contributed by atoms with van der Waals surface area (Å²) in [7, 11) is 3.12. The molecule has 0 aromatic heterocycles. The number of hydrogen-bond acceptors (Lipinski definition) is 5. The molecule has 132 valence electrons. The van der Waals surface area contributed by atoms with Crippen molar-refractivity contribution in [2.45, 2.75) is 6.92 Å². The van der Waals surface area contributed by atoms with Gasteiger partial charge in [0, 0.05) is 11.1 Å². The van der Waals surface area contributed by atoms with Crippen molar-refractivity contribution in [1.82, 2.24) is 5.43 Å². The van der Waals surface area contributed by atoms with Crippen LogP contribution in [-0.4, -0.2) is 31.4 Å². The van der Waals surface area contributed by atoms with E-state index < -0.39 is 5.91 Å². The molecule has 2 N–H and O–H groups in total. The number of hydrazone groups is 1. The number of benzene rings is 2. The Bertz CT molecular complexity index is 815. The Morgan fingerprint density at radius 3 is 2.24 bits per heavy atom. The van der Waals surface area contributed by atoms with Gasteiger partial charge in [0.1, 0.15) is 5.75 Å². The molecular weight excluding hydrogens is 456 g/mol. The van der Waals surface area contributed by atoms with Crippen LogP contribution in [0.25, 0.3) is 0 Å². The van der Waals surface area contributed by atoms with Gasteiger partial charge in [-0.1, -0.05) is 0 Å². The first-order valence-corrected chi connectivity index (χ1v) is 8.70. The maximum Gasteiger partial charge on any atom is 0.271 e. The van der Waals surface area contributed by atoms with E-state index in [4.69, 9.17) is 9.47 Å². The highest BCUT2D eigenvalue weighted by atomic mass is 79.9. The fourth-order valence-corrected chi connectivity index (χ4v) is 3.24. The highest BCUT2D eigenvalue weighted by Crippen LogP contribution is 2.33. The van der Waals surface area contributed by atoms with Gasteiger partial charge in [-0.3, -0.25) is 4.79 Å². The molecule has 0 fully saturated rings. The van der Waals surface area contributed by atoms with Gasteiger partial charge in [-0.05, 0) is 68.6 Å². The van der Waals surface area contributed by atoms with Crippen LogP contribution in [-0.2, 0) is 0 Å². The van der Waals surface area contributed by atoms with Crippen LogP contribution in [0.5, 0.6) is 17.2 Å². The Morgan fingerprint density at radius 2 is 1.68 bits per heavy atom. The van der Waals surface area contributed by atoms with E-state index in [1.54, 1.807) is 20.3 Å². The van der Waals surface area contributed by atoms with Crippen LogP contribution < -0.4 is 14.9 Å². The van der Waals surface area contributed by atoms with Gasteiger partial charge in [0.05, 0.1) is 29.4 Å². The molecule has 8 heteroatoms. The lowest BCUT2D eigenvalue weighted by atomic mass is 10.1. The van der Waals surface area contributed by atoms with Crippen LogP contribution in [0.1, 0.15) is 21.5 Å². The summed E-state index contributed by atoms with van der Waals surface area (Å²) < 4.78 is 11.3. The molecule has 0 atom stereocenters. The highest BCUT2D eigenvalue weighted by Gasteiger charge is 2.11. The van der Waals surface area contributed by atoms with Crippen molar-refractivity contribution in [3.8, 4) is 17.2 Å². The molecule has 0 aliphatic rings. The lowest BCUT2D eigenvalue weighted by Gasteiger charge is -2.10. The molecule has 0 bridgehead atoms. The van der Waals surface area contributed by atoms with Gasteiger partial charge >= 0.3 is 0 Å². The Kier molecular flexibility index (Phi) is 6.44. The second-order valence-corrected chi connectivity index (χ2v) is 6.76. The summed E-state index contributed by atoms with van der Waals surface area (Å²) >= 11 is 6.37. The van der Waals surface area contributed by atoms with Crippen LogP contribution in [0.4, 0.5) is 0 Å². The number of phenols is 1. The third-order valence-corrected chi connectivity index (χ3v) is 4.63. The summed E-state index contributed by atoms with van der Waals surface area (Å²) in [5.74, 6) is 0.823. The van der Waals surface area contributed by atoms with Crippen LogP contribution in [0.2, 0.25) is 0 Å². The maximum atomic E-state index is 12.2. The number of halogens is 2. The molecule has 0 aliphatic heterocycles. The smallest absolute Gasteiger partial charge is 0.271 e. The van der Waals surface area contributed by atoms with Crippen LogP contribution in [0, 0.1) is 6.92 Å². The summed E-state index contributed by atoms with van der Waals surface area (Å²) in [6, 6.07) is 6.62. The van der Waals surface area contributed by atoms with Crippen molar-refractivity contribution < 1.29 is 19.4 Å². The number of rotatable bonds is 5. The van der Waals surface area contributed by atoms with Crippen molar-refractivity contribution in [3.63, 3.8) is 0 Å². The molecule has 0 heterocycles. The number of methoxy groups -OCH3 is 2. The van der Waals surface area contributed by atoms with Gasteiger partial charge in [0.25, 0.3) is 5.91 Å². The summed E-state index contributed by atoms with van der Waals surface area (Å²) in [6.45, 7) is 1.90. The van der Waals surface area contributed by atoms with E-state index in [1.807, 2.05) is 13.0 Å². The summed E-state index contributed by atoms with van der Waals surface area (Å²) in [5.41, 5.74) is 4.50. The molecule has 0 saturated heterocycles. The largest absolute Gasteiger partial charge is 0.506 e. The Hall–Kier alpha value is -2.06. The lowest BCUT2D eigenvalue weighted by Crippen LogP contribution is -2.17. The number of hydrogen-bond donors (Lipinski definition) is 2. The van der Waals surface area contributed by atoms with Crippen molar-refractivity contribution in [2.75, 3.05) is 14.2 Å². The second kappa shape index (κ2) is 8.35. The molecule has 2 aromatic carbocycles. The monoisotopic (exact) mass is 470 g/mol. The zero-order chi connectivity index (χ0) is 18.6. The normalized spacial score (nSPS) is 10.8. The first-order valence-electron chi connectivity index (χ1n) is 7.11.